The zero-order chi connectivity index (χ0) is 14.4. The molecule has 0 saturated heterocycles. The number of ether oxygens (including phenoxy) is 1. The molecule has 0 bridgehead atoms. The minimum absolute atomic E-state index is 0. The summed E-state index contributed by atoms with van der Waals surface area (Å²) in [4.78, 5) is 11.5. The lowest BCUT2D eigenvalue weighted by Gasteiger charge is -2.12. The van der Waals surface area contributed by atoms with Crippen molar-refractivity contribution in [2.75, 3.05) is 19.7 Å². The number of nitrogens with one attached hydrogen (secondary N) is 1. The Morgan fingerprint density at radius 3 is 2.50 bits per heavy atom. The van der Waals surface area contributed by atoms with Gasteiger partial charge in [-0.25, -0.2) is 0 Å². The quantitative estimate of drug-likeness (QED) is 0.765. The second-order valence-electron chi connectivity index (χ2n) is 4.13. The molecule has 114 valence electrons. The molecule has 1 aromatic carbocycles. The van der Waals surface area contributed by atoms with E-state index in [1.807, 2.05) is 6.92 Å². The van der Waals surface area contributed by atoms with Crippen LogP contribution < -0.4 is 15.8 Å². The summed E-state index contributed by atoms with van der Waals surface area (Å²) >= 11 is 17.5. The Labute approximate surface area is 139 Å². The third-order valence-corrected chi connectivity index (χ3v) is 3.40. The van der Waals surface area contributed by atoms with Crippen molar-refractivity contribution in [2.24, 2.45) is 11.7 Å². The molecule has 0 radical (unpaired) electrons. The summed E-state index contributed by atoms with van der Waals surface area (Å²) in [6, 6.07) is 2.94. The first-order valence-corrected chi connectivity index (χ1v) is 6.81. The van der Waals surface area contributed by atoms with Crippen LogP contribution in [0.1, 0.15) is 6.92 Å². The maximum atomic E-state index is 11.5. The summed E-state index contributed by atoms with van der Waals surface area (Å²) in [6.07, 6.45) is 0. The van der Waals surface area contributed by atoms with E-state index in [0.717, 1.165) is 0 Å². The highest BCUT2D eigenvalue weighted by Gasteiger charge is 2.10. The van der Waals surface area contributed by atoms with Gasteiger partial charge >= 0.3 is 0 Å². The fourth-order valence-electron chi connectivity index (χ4n) is 1.18. The van der Waals surface area contributed by atoms with Crippen LogP contribution in [0.15, 0.2) is 12.1 Å². The Morgan fingerprint density at radius 2 is 1.90 bits per heavy atom. The highest BCUT2D eigenvalue weighted by molar-refractivity contribution is 6.43. The lowest BCUT2D eigenvalue weighted by molar-refractivity contribution is -0.123. The standard InChI is InChI=1S/C12H15Cl3N2O2.ClH/c1-7(4-16)5-17-12(18)6-19-11-3-9(14)8(13)2-10(11)15;/h2-3,7H,4-6,16H2,1H3,(H,17,18);1H. The normalized spacial score (nSPS) is 11.4. The summed E-state index contributed by atoms with van der Waals surface area (Å²) in [5.74, 6) is 0.290. The number of nitrogens with two attached hydrogens (primary N) is 1. The third kappa shape index (κ3) is 6.37. The lowest BCUT2D eigenvalue weighted by Crippen LogP contribution is -2.34. The van der Waals surface area contributed by atoms with Crippen molar-refractivity contribution >= 4 is 53.1 Å². The predicted octanol–water partition coefficient (Wildman–Crippen LogP) is 3.16. The minimum atomic E-state index is -0.248. The van der Waals surface area contributed by atoms with Crippen molar-refractivity contribution in [1.29, 1.82) is 0 Å². The van der Waals surface area contributed by atoms with E-state index in [-0.39, 0.29) is 30.8 Å². The maximum absolute atomic E-state index is 11.5. The minimum Gasteiger partial charge on any atom is -0.482 e. The Hall–Kier alpha value is -0.390. The first-order chi connectivity index (χ1) is 8.93. The molecule has 0 saturated carbocycles. The van der Waals surface area contributed by atoms with Crippen molar-refractivity contribution < 1.29 is 9.53 Å². The molecule has 1 amide bonds. The van der Waals surface area contributed by atoms with Crippen LogP contribution in [0.5, 0.6) is 5.75 Å². The summed E-state index contributed by atoms with van der Waals surface area (Å²) in [5.41, 5.74) is 5.45. The molecule has 8 heteroatoms. The van der Waals surface area contributed by atoms with Crippen LogP contribution in [-0.2, 0) is 4.79 Å². The van der Waals surface area contributed by atoms with E-state index in [4.69, 9.17) is 45.3 Å². The van der Waals surface area contributed by atoms with Crippen LogP contribution in [0.4, 0.5) is 0 Å². The van der Waals surface area contributed by atoms with Crippen LogP contribution in [0, 0.1) is 5.92 Å². The van der Waals surface area contributed by atoms with E-state index < -0.39 is 0 Å². The van der Waals surface area contributed by atoms with Gasteiger partial charge < -0.3 is 15.8 Å². The zero-order valence-corrected chi connectivity index (χ0v) is 13.9. The fourth-order valence-corrected chi connectivity index (χ4v) is 1.77. The van der Waals surface area contributed by atoms with Gasteiger partial charge in [0.15, 0.2) is 6.61 Å². The third-order valence-electron chi connectivity index (χ3n) is 2.38. The first-order valence-electron chi connectivity index (χ1n) is 5.68. The summed E-state index contributed by atoms with van der Waals surface area (Å²) in [6.45, 7) is 2.82. The van der Waals surface area contributed by atoms with Crippen molar-refractivity contribution in [3.05, 3.63) is 27.2 Å². The SMILES string of the molecule is CC(CN)CNC(=O)COc1cc(Cl)c(Cl)cc1Cl.Cl. The average molecular weight is 362 g/mol. The molecule has 1 unspecified atom stereocenters. The van der Waals surface area contributed by atoms with Crippen molar-refractivity contribution in [3.63, 3.8) is 0 Å². The van der Waals surface area contributed by atoms with Gasteiger partial charge in [0.05, 0.1) is 15.1 Å². The van der Waals surface area contributed by atoms with E-state index in [1.54, 1.807) is 0 Å². The molecule has 1 rings (SSSR count). The largest absolute Gasteiger partial charge is 0.482 e. The highest BCUT2D eigenvalue weighted by atomic mass is 35.5. The van der Waals surface area contributed by atoms with Gasteiger partial charge in [-0.15, -0.1) is 12.4 Å². The average Bonchev–Trinajstić information content (AvgIpc) is 2.38. The molecule has 1 aromatic rings. The molecular weight excluding hydrogens is 346 g/mol. The van der Waals surface area contributed by atoms with Gasteiger partial charge in [-0.05, 0) is 18.5 Å². The molecule has 0 aromatic heterocycles. The number of carbonyl (C=O) groups excluding carboxylic acids is 1. The zero-order valence-electron chi connectivity index (χ0n) is 10.8. The predicted molar refractivity (Wildman–Crippen MR) is 85.4 cm³/mol. The molecule has 4 nitrogen and oxygen atoms in total. The Bertz CT molecular complexity index is 457. The van der Waals surface area contributed by atoms with Crippen molar-refractivity contribution in [1.82, 2.24) is 5.32 Å². The topological polar surface area (TPSA) is 64.3 Å². The molecule has 0 fully saturated rings. The van der Waals surface area contributed by atoms with E-state index in [9.17, 15) is 4.79 Å². The van der Waals surface area contributed by atoms with Gasteiger partial charge in [0, 0.05) is 12.6 Å². The number of halogens is 4. The number of hydrogen-bond donors (Lipinski definition) is 2. The number of amides is 1. The second kappa shape index (κ2) is 9.53. The van der Waals surface area contributed by atoms with E-state index in [0.29, 0.717) is 33.9 Å². The van der Waals surface area contributed by atoms with Crippen LogP contribution in [-0.4, -0.2) is 25.6 Å². The molecule has 0 aliphatic heterocycles. The number of carbonyl (C=O) groups is 1. The van der Waals surface area contributed by atoms with E-state index in [2.05, 4.69) is 5.32 Å². The van der Waals surface area contributed by atoms with Gasteiger partial charge in [0.2, 0.25) is 0 Å². The Morgan fingerprint density at radius 1 is 1.30 bits per heavy atom. The smallest absolute Gasteiger partial charge is 0.257 e. The summed E-state index contributed by atoms with van der Waals surface area (Å²) in [7, 11) is 0. The number of rotatable bonds is 6. The van der Waals surface area contributed by atoms with Gasteiger partial charge in [-0.2, -0.15) is 0 Å². The molecule has 3 N–H and O–H groups in total. The molecule has 0 heterocycles. The fraction of sp³-hybridized carbons (Fsp3) is 0.417. The van der Waals surface area contributed by atoms with Crippen LogP contribution in [0.25, 0.3) is 0 Å². The van der Waals surface area contributed by atoms with Gasteiger partial charge in [0.25, 0.3) is 5.91 Å². The van der Waals surface area contributed by atoms with Crippen molar-refractivity contribution in [3.8, 4) is 5.75 Å². The lowest BCUT2D eigenvalue weighted by atomic mass is 10.2. The monoisotopic (exact) mass is 360 g/mol. The summed E-state index contributed by atoms with van der Waals surface area (Å²) in [5, 5.41) is 3.66. The summed E-state index contributed by atoms with van der Waals surface area (Å²) < 4.78 is 5.28. The Kier molecular flexibility index (Phi) is 9.34. The maximum Gasteiger partial charge on any atom is 0.257 e. The van der Waals surface area contributed by atoms with E-state index >= 15 is 0 Å². The van der Waals surface area contributed by atoms with Gasteiger partial charge in [-0.1, -0.05) is 41.7 Å². The second-order valence-corrected chi connectivity index (χ2v) is 5.35. The van der Waals surface area contributed by atoms with Crippen LogP contribution in [0.2, 0.25) is 15.1 Å². The molecular formula is C12H16Cl4N2O2. The van der Waals surface area contributed by atoms with Gasteiger partial charge in [0.1, 0.15) is 5.75 Å². The molecule has 20 heavy (non-hydrogen) atoms. The van der Waals surface area contributed by atoms with Gasteiger partial charge in [-0.3, -0.25) is 4.79 Å². The molecule has 0 aliphatic rings. The molecule has 1 atom stereocenters. The van der Waals surface area contributed by atoms with Crippen LogP contribution in [0.3, 0.4) is 0 Å². The van der Waals surface area contributed by atoms with Crippen molar-refractivity contribution in [2.45, 2.75) is 6.92 Å². The molecule has 0 spiro atoms. The van der Waals surface area contributed by atoms with Crippen LogP contribution >= 0.6 is 47.2 Å². The Balaban J connectivity index is 0.00000361. The molecule has 0 aliphatic carbocycles. The van der Waals surface area contributed by atoms with E-state index in [1.165, 1.54) is 12.1 Å². The highest BCUT2D eigenvalue weighted by Crippen LogP contribution is 2.33. The number of benzene rings is 1. The first kappa shape index (κ1) is 19.6. The number of hydrogen-bond acceptors (Lipinski definition) is 3.